The summed E-state index contributed by atoms with van der Waals surface area (Å²) in [6.45, 7) is 7.53. The van der Waals surface area contributed by atoms with Crippen LogP contribution >= 0.6 is 15.9 Å². The number of aryl methyl sites for hydroxylation is 1. The van der Waals surface area contributed by atoms with Crippen LogP contribution in [0.1, 0.15) is 32.5 Å². The molecule has 1 fully saturated rings. The molecule has 3 nitrogen and oxygen atoms in total. The number of aromatic nitrogens is 2. The van der Waals surface area contributed by atoms with E-state index in [4.69, 9.17) is 0 Å². The minimum atomic E-state index is 0.505. The molecule has 0 atom stereocenters. The van der Waals surface area contributed by atoms with Crippen molar-refractivity contribution in [2.45, 2.75) is 33.6 Å². The second-order valence-electron chi connectivity index (χ2n) is 4.99. The molecule has 1 heterocycles. The van der Waals surface area contributed by atoms with E-state index < -0.39 is 0 Å². The Balaban J connectivity index is 2.00. The fraction of sp³-hybridized carbons (Fsp3) is 0.667. The lowest BCUT2D eigenvalue weighted by Crippen LogP contribution is -2.21. The van der Waals surface area contributed by atoms with Crippen molar-refractivity contribution in [3.05, 3.63) is 16.5 Å². The third-order valence-corrected chi connectivity index (χ3v) is 3.95. The highest BCUT2D eigenvalue weighted by molar-refractivity contribution is 9.10. The van der Waals surface area contributed by atoms with Crippen LogP contribution in [0, 0.1) is 18.3 Å². The van der Waals surface area contributed by atoms with Crippen LogP contribution in [-0.4, -0.2) is 16.5 Å². The molecule has 0 spiro atoms. The Labute approximate surface area is 105 Å². The molecule has 88 valence electrons. The Kier molecular flexibility index (Phi) is 3.19. The number of halogens is 1. The summed E-state index contributed by atoms with van der Waals surface area (Å²) in [4.78, 5) is 8.57. The Morgan fingerprint density at radius 1 is 1.44 bits per heavy atom. The van der Waals surface area contributed by atoms with Gasteiger partial charge >= 0.3 is 0 Å². The van der Waals surface area contributed by atoms with Gasteiger partial charge in [-0.1, -0.05) is 13.8 Å². The summed E-state index contributed by atoms with van der Waals surface area (Å²) >= 11 is 3.39. The number of rotatable bonds is 4. The number of nitrogens with zero attached hydrogens (tertiary/aromatic N) is 2. The fourth-order valence-corrected chi connectivity index (χ4v) is 2.48. The Morgan fingerprint density at radius 3 is 2.62 bits per heavy atom. The van der Waals surface area contributed by atoms with Crippen molar-refractivity contribution in [1.29, 1.82) is 0 Å². The molecule has 2 rings (SSSR count). The molecule has 0 amide bonds. The monoisotopic (exact) mass is 283 g/mol. The predicted molar refractivity (Wildman–Crippen MR) is 69.5 cm³/mol. The predicted octanol–water partition coefficient (Wildman–Crippen LogP) is 3.40. The largest absolute Gasteiger partial charge is 0.369 e. The van der Waals surface area contributed by atoms with Crippen molar-refractivity contribution in [1.82, 2.24) is 9.97 Å². The van der Waals surface area contributed by atoms with Crippen LogP contribution in [-0.2, 0) is 0 Å². The summed E-state index contributed by atoms with van der Waals surface area (Å²) in [6.07, 6.45) is 2.67. The van der Waals surface area contributed by atoms with Crippen LogP contribution in [0.2, 0.25) is 0 Å². The van der Waals surface area contributed by atoms with E-state index in [1.807, 2.05) is 13.0 Å². The van der Waals surface area contributed by atoms with Crippen LogP contribution in [0.4, 0.5) is 5.82 Å². The molecule has 1 saturated carbocycles. The maximum absolute atomic E-state index is 4.37. The first kappa shape index (κ1) is 11.8. The molecule has 1 aromatic heterocycles. The molecule has 1 N–H and O–H groups in total. The molecule has 0 aliphatic heterocycles. The first-order valence-electron chi connectivity index (χ1n) is 5.77. The lowest BCUT2D eigenvalue weighted by atomic mass is 9.92. The van der Waals surface area contributed by atoms with Crippen LogP contribution < -0.4 is 5.32 Å². The van der Waals surface area contributed by atoms with Gasteiger partial charge in [-0.05, 0) is 47.0 Å². The average molecular weight is 284 g/mol. The van der Waals surface area contributed by atoms with Gasteiger partial charge in [-0.15, -0.1) is 0 Å². The summed E-state index contributed by atoms with van der Waals surface area (Å²) in [7, 11) is 0. The van der Waals surface area contributed by atoms with Crippen LogP contribution in [0.15, 0.2) is 10.7 Å². The SMILES string of the molecule is Cc1nc(Br)cc(NCC2(C(C)C)CC2)n1. The number of hydrogen-bond acceptors (Lipinski definition) is 3. The summed E-state index contributed by atoms with van der Waals surface area (Å²) in [5.74, 6) is 2.46. The normalized spacial score (nSPS) is 17.6. The lowest BCUT2D eigenvalue weighted by Gasteiger charge is -2.20. The van der Waals surface area contributed by atoms with Gasteiger partial charge in [-0.3, -0.25) is 0 Å². The van der Waals surface area contributed by atoms with Gasteiger partial charge in [0, 0.05) is 12.6 Å². The van der Waals surface area contributed by atoms with Gasteiger partial charge in [-0.2, -0.15) is 0 Å². The maximum Gasteiger partial charge on any atom is 0.130 e. The summed E-state index contributed by atoms with van der Waals surface area (Å²) < 4.78 is 0.844. The van der Waals surface area contributed by atoms with E-state index in [-0.39, 0.29) is 0 Å². The van der Waals surface area contributed by atoms with Gasteiger partial charge in [-0.25, -0.2) is 9.97 Å². The third-order valence-electron chi connectivity index (χ3n) is 3.55. The first-order valence-corrected chi connectivity index (χ1v) is 6.56. The molecule has 4 heteroatoms. The van der Waals surface area contributed by atoms with Crippen molar-refractivity contribution in [3.63, 3.8) is 0 Å². The smallest absolute Gasteiger partial charge is 0.130 e. The zero-order valence-electron chi connectivity index (χ0n) is 10.0. The van der Waals surface area contributed by atoms with Crippen LogP contribution in [0.5, 0.6) is 0 Å². The Bertz CT molecular complexity index is 366. The minimum Gasteiger partial charge on any atom is -0.369 e. The van der Waals surface area contributed by atoms with Crippen LogP contribution in [0.25, 0.3) is 0 Å². The van der Waals surface area contributed by atoms with E-state index in [1.54, 1.807) is 0 Å². The second-order valence-corrected chi connectivity index (χ2v) is 5.81. The highest BCUT2D eigenvalue weighted by Crippen LogP contribution is 2.51. The van der Waals surface area contributed by atoms with E-state index in [1.165, 1.54) is 12.8 Å². The minimum absolute atomic E-state index is 0.505. The van der Waals surface area contributed by atoms with E-state index in [9.17, 15) is 0 Å². The van der Waals surface area contributed by atoms with Gasteiger partial charge in [0.05, 0.1) is 0 Å². The second kappa shape index (κ2) is 4.32. The van der Waals surface area contributed by atoms with Crippen molar-refractivity contribution >= 4 is 21.7 Å². The molecule has 0 aromatic carbocycles. The van der Waals surface area contributed by atoms with Gasteiger partial charge in [0.2, 0.25) is 0 Å². The lowest BCUT2D eigenvalue weighted by molar-refractivity contribution is 0.380. The Hall–Kier alpha value is -0.640. The first-order chi connectivity index (χ1) is 7.52. The molecular formula is C12H18BrN3. The van der Waals surface area contributed by atoms with Gasteiger partial charge in [0.15, 0.2) is 0 Å². The van der Waals surface area contributed by atoms with Gasteiger partial charge < -0.3 is 5.32 Å². The topological polar surface area (TPSA) is 37.8 Å². The molecule has 0 radical (unpaired) electrons. The quantitative estimate of drug-likeness (QED) is 0.861. The van der Waals surface area contributed by atoms with Gasteiger partial charge in [0.25, 0.3) is 0 Å². The molecule has 16 heavy (non-hydrogen) atoms. The number of nitrogens with one attached hydrogen (secondary N) is 1. The average Bonchev–Trinajstić information content (AvgIpc) is 2.94. The van der Waals surface area contributed by atoms with Crippen molar-refractivity contribution < 1.29 is 0 Å². The van der Waals surface area contributed by atoms with E-state index in [0.29, 0.717) is 5.41 Å². The van der Waals surface area contributed by atoms with E-state index >= 15 is 0 Å². The zero-order chi connectivity index (χ0) is 11.8. The third kappa shape index (κ3) is 2.54. The number of hydrogen-bond donors (Lipinski definition) is 1. The highest BCUT2D eigenvalue weighted by Gasteiger charge is 2.44. The van der Waals surface area contributed by atoms with Crippen molar-refractivity contribution in [2.75, 3.05) is 11.9 Å². The molecule has 1 aliphatic carbocycles. The summed E-state index contributed by atoms with van der Waals surface area (Å²) in [5, 5.41) is 3.43. The summed E-state index contributed by atoms with van der Waals surface area (Å²) in [5.41, 5.74) is 0.505. The van der Waals surface area contributed by atoms with E-state index in [0.717, 1.165) is 28.7 Å². The van der Waals surface area contributed by atoms with E-state index in [2.05, 4.69) is 45.1 Å². The van der Waals surface area contributed by atoms with Gasteiger partial charge in [0.1, 0.15) is 16.2 Å². The molecule has 0 unspecified atom stereocenters. The fourth-order valence-electron chi connectivity index (χ4n) is 2.01. The molecule has 0 bridgehead atoms. The zero-order valence-corrected chi connectivity index (χ0v) is 11.6. The van der Waals surface area contributed by atoms with Crippen molar-refractivity contribution in [3.8, 4) is 0 Å². The number of anilines is 1. The Morgan fingerprint density at radius 2 is 2.12 bits per heavy atom. The highest BCUT2D eigenvalue weighted by atomic mass is 79.9. The molecule has 0 saturated heterocycles. The standard InChI is InChI=1S/C12H18BrN3/c1-8(2)12(4-5-12)7-14-11-6-10(13)15-9(3)16-11/h6,8H,4-5,7H2,1-3H3,(H,14,15,16). The summed E-state index contributed by atoms with van der Waals surface area (Å²) in [6, 6.07) is 1.93. The van der Waals surface area contributed by atoms with Crippen molar-refractivity contribution in [2.24, 2.45) is 11.3 Å². The maximum atomic E-state index is 4.37. The molecule has 1 aliphatic rings. The molecule has 1 aromatic rings. The van der Waals surface area contributed by atoms with Crippen LogP contribution in [0.3, 0.4) is 0 Å². The molecular weight excluding hydrogens is 266 g/mol.